The van der Waals surface area contributed by atoms with Gasteiger partial charge in [-0.3, -0.25) is 14.5 Å². The molecule has 0 aromatic heterocycles. The van der Waals surface area contributed by atoms with Crippen molar-refractivity contribution in [2.75, 3.05) is 27.3 Å². The maximum atomic E-state index is 13.0. The van der Waals surface area contributed by atoms with Crippen molar-refractivity contribution >= 4 is 23.6 Å². The molecule has 1 fully saturated rings. The van der Waals surface area contributed by atoms with Crippen LogP contribution in [0.25, 0.3) is 5.76 Å². The zero-order chi connectivity index (χ0) is 30.2. The number of hydrogen-bond donors (Lipinski definition) is 2. The van der Waals surface area contributed by atoms with Gasteiger partial charge in [0.25, 0.3) is 0 Å². The average Bonchev–Trinajstić information content (AvgIpc) is 3.30. The number of piperidine rings is 1. The van der Waals surface area contributed by atoms with Gasteiger partial charge in [0.2, 0.25) is 5.91 Å². The number of methoxy groups -OCH3 is 2. The zero-order valence-corrected chi connectivity index (χ0v) is 25.0. The van der Waals surface area contributed by atoms with E-state index in [9.17, 15) is 19.5 Å². The van der Waals surface area contributed by atoms with E-state index in [1.54, 1.807) is 28.1 Å². The number of carboxylic acids is 1. The Kier molecular flexibility index (Phi) is 10.6. The first-order valence-electron chi connectivity index (χ1n) is 14.6. The number of hydrogen-bond acceptors (Lipinski definition) is 7. The molecular formula is C33H42N2O7. The van der Waals surface area contributed by atoms with Crippen LogP contribution in [0.2, 0.25) is 0 Å². The van der Waals surface area contributed by atoms with Crippen molar-refractivity contribution in [3.05, 3.63) is 64.7 Å². The van der Waals surface area contributed by atoms with Crippen LogP contribution in [0.15, 0.2) is 48.0 Å². The summed E-state index contributed by atoms with van der Waals surface area (Å²) in [4.78, 5) is 39.3. The molecule has 1 heterocycles. The van der Waals surface area contributed by atoms with Crippen LogP contribution in [-0.4, -0.2) is 61.2 Å². The monoisotopic (exact) mass is 578 g/mol. The van der Waals surface area contributed by atoms with Gasteiger partial charge >= 0.3 is 11.9 Å². The SMILES string of the molecule is COc1cc2c(cc1OC)C(OC(=O)CCC(=O)NC(C(=O)O)C(C)C)=C(CC1CCN(Cc3ccccc3)CC1)C2. The zero-order valence-electron chi connectivity index (χ0n) is 25.0. The predicted molar refractivity (Wildman–Crippen MR) is 159 cm³/mol. The number of allylic oxidation sites excluding steroid dienone is 1. The summed E-state index contributed by atoms with van der Waals surface area (Å²) in [6.07, 6.45) is 3.26. The number of benzene rings is 2. The topological polar surface area (TPSA) is 114 Å². The Hall–Kier alpha value is -3.85. The highest BCUT2D eigenvalue weighted by atomic mass is 16.5. The molecule has 0 saturated carbocycles. The van der Waals surface area contributed by atoms with Gasteiger partial charge in [-0.25, -0.2) is 4.79 Å². The molecule has 1 aliphatic heterocycles. The van der Waals surface area contributed by atoms with Gasteiger partial charge in [0.1, 0.15) is 11.8 Å². The van der Waals surface area contributed by atoms with Crippen molar-refractivity contribution in [2.24, 2.45) is 11.8 Å². The van der Waals surface area contributed by atoms with E-state index in [0.29, 0.717) is 29.6 Å². The van der Waals surface area contributed by atoms with E-state index in [0.717, 1.165) is 55.6 Å². The Morgan fingerprint density at radius 2 is 1.67 bits per heavy atom. The Morgan fingerprint density at radius 3 is 2.29 bits per heavy atom. The molecule has 4 rings (SSSR count). The number of amides is 1. The number of nitrogens with zero attached hydrogens (tertiary/aromatic N) is 1. The van der Waals surface area contributed by atoms with E-state index in [-0.39, 0.29) is 18.8 Å². The molecule has 0 radical (unpaired) electrons. The van der Waals surface area contributed by atoms with E-state index in [1.165, 1.54) is 5.56 Å². The lowest BCUT2D eigenvalue weighted by atomic mass is 9.89. The minimum atomic E-state index is -1.10. The van der Waals surface area contributed by atoms with Crippen molar-refractivity contribution in [3.8, 4) is 11.5 Å². The van der Waals surface area contributed by atoms with Crippen molar-refractivity contribution in [2.45, 2.75) is 65.0 Å². The summed E-state index contributed by atoms with van der Waals surface area (Å²) in [7, 11) is 3.16. The molecule has 0 spiro atoms. The molecule has 2 N–H and O–H groups in total. The highest BCUT2D eigenvalue weighted by Crippen LogP contribution is 2.43. The molecule has 9 nitrogen and oxygen atoms in total. The van der Waals surface area contributed by atoms with Gasteiger partial charge in [-0.1, -0.05) is 44.2 Å². The smallest absolute Gasteiger partial charge is 0.326 e. The molecule has 9 heteroatoms. The Balaban J connectivity index is 1.44. The summed E-state index contributed by atoms with van der Waals surface area (Å²) in [5, 5.41) is 11.8. The molecule has 1 unspecified atom stereocenters. The normalized spacial score (nSPS) is 16.2. The fraction of sp³-hybridized carbons (Fsp3) is 0.485. The number of carboxylic acid groups (broad SMARTS) is 1. The molecule has 226 valence electrons. The second-order valence-electron chi connectivity index (χ2n) is 11.5. The van der Waals surface area contributed by atoms with Gasteiger partial charge in [0.15, 0.2) is 11.5 Å². The number of carbonyl (C=O) groups is 3. The van der Waals surface area contributed by atoms with Crippen LogP contribution in [-0.2, 0) is 32.1 Å². The van der Waals surface area contributed by atoms with Crippen molar-refractivity contribution in [1.29, 1.82) is 0 Å². The van der Waals surface area contributed by atoms with Gasteiger partial charge in [0.05, 0.1) is 20.6 Å². The van der Waals surface area contributed by atoms with E-state index in [1.807, 2.05) is 18.2 Å². The average molecular weight is 579 g/mol. The van der Waals surface area contributed by atoms with Crippen LogP contribution in [0, 0.1) is 11.8 Å². The van der Waals surface area contributed by atoms with E-state index in [4.69, 9.17) is 14.2 Å². The van der Waals surface area contributed by atoms with E-state index < -0.39 is 23.9 Å². The number of aliphatic carboxylic acids is 1. The standard InChI is InChI=1S/C33H42N2O7/c1-21(2)31(33(38)39)34-29(36)10-11-30(37)42-32-25(17-24-18-27(40-3)28(41-4)19-26(24)32)16-22-12-14-35(15-13-22)20-23-8-6-5-7-9-23/h5-9,18-19,21-22,31H,10-17,20H2,1-4H3,(H,34,36)(H,38,39). The third-order valence-corrected chi connectivity index (χ3v) is 8.09. The molecule has 2 aromatic rings. The number of carbonyl (C=O) groups excluding carboxylic acids is 2. The molecule has 2 aliphatic rings. The first-order chi connectivity index (χ1) is 20.2. The summed E-state index contributed by atoms with van der Waals surface area (Å²) < 4.78 is 17.0. The van der Waals surface area contributed by atoms with Gasteiger partial charge in [-0.15, -0.1) is 0 Å². The van der Waals surface area contributed by atoms with Crippen molar-refractivity contribution in [1.82, 2.24) is 10.2 Å². The second kappa shape index (κ2) is 14.4. The molecule has 2 aromatic carbocycles. The molecular weight excluding hydrogens is 536 g/mol. The quantitative estimate of drug-likeness (QED) is 0.325. The van der Waals surface area contributed by atoms with Crippen LogP contribution >= 0.6 is 0 Å². The largest absolute Gasteiger partial charge is 0.493 e. The molecule has 42 heavy (non-hydrogen) atoms. The van der Waals surface area contributed by atoms with Gasteiger partial charge in [-0.2, -0.15) is 0 Å². The highest BCUT2D eigenvalue weighted by molar-refractivity contribution is 5.88. The first kappa shape index (κ1) is 31.1. The summed E-state index contributed by atoms with van der Waals surface area (Å²) >= 11 is 0. The third-order valence-electron chi connectivity index (χ3n) is 8.09. The number of ether oxygens (including phenoxy) is 3. The first-order valence-corrected chi connectivity index (χ1v) is 14.6. The van der Waals surface area contributed by atoms with Crippen molar-refractivity contribution < 1.29 is 33.7 Å². The minimum absolute atomic E-state index is 0.156. The molecule has 1 aliphatic carbocycles. The molecule has 1 atom stereocenters. The number of nitrogens with one attached hydrogen (secondary N) is 1. The fourth-order valence-electron chi connectivity index (χ4n) is 5.75. The van der Waals surface area contributed by atoms with Crippen molar-refractivity contribution in [3.63, 3.8) is 0 Å². The lowest BCUT2D eigenvalue weighted by molar-refractivity contribution is -0.143. The summed E-state index contributed by atoms with van der Waals surface area (Å²) in [5.74, 6) is -0.244. The maximum Gasteiger partial charge on any atom is 0.326 e. The van der Waals surface area contributed by atoms with Gasteiger partial charge < -0.3 is 24.6 Å². The Labute approximate surface area is 247 Å². The third kappa shape index (κ3) is 7.91. The van der Waals surface area contributed by atoms with Crippen LogP contribution in [0.4, 0.5) is 0 Å². The number of fused-ring (bicyclic) bond motifs is 1. The van der Waals surface area contributed by atoms with Crippen LogP contribution in [0.1, 0.15) is 62.6 Å². The van der Waals surface area contributed by atoms with Crippen LogP contribution < -0.4 is 14.8 Å². The molecule has 1 saturated heterocycles. The Morgan fingerprint density at radius 1 is 1.00 bits per heavy atom. The van der Waals surface area contributed by atoms with Gasteiger partial charge in [-0.05, 0) is 79.4 Å². The summed E-state index contributed by atoms with van der Waals surface area (Å²) in [5.41, 5.74) is 4.18. The van der Waals surface area contributed by atoms with E-state index >= 15 is 0 Å². The number of rotatable bonds is 13. The van der Waals surface area contributed by atoms with Crippen LogP contribution in [0.3, 0.4) is 0 Å². The summed E-state index contributed by atoms with van der Waals surface area (Å²) in [6.45, 7) is 6.41. The Bertz CT molecular complexity index is 1300. The minimum Gasteiger partial charge on any atom is -0.493 e. The lowest BCUT2D eigenvalue weighted by Gasteiger charge is -2.32. The molecule has 1 amide bonds. The number of likely N-dealkylation sites (tertiary alicyclic amines) is 1. The second-order valence-corrected chi connectivity index (χ2v) is 11.5. The van der Waals surface area contributed by atoms with E-state index in [2.05, 4.69) is 34.5 Å². The predicted octanol–water partition coefficient (Wildman–Crippen LogP) is 4.82. The lowest BCUT2D eigenvalue weighted by Crippen LogP contribution is -2.44. The fourth-order valence-corrected chi connectivity index (χ4v) is 5.75. The molecule has 0 bridgehead atoms. The maximum absolute atomic E-state index is 13.0. The van der Waals surface area contributed by atoms with Gasteiger partial charge in [0, 0.05) is 18.5 Å². The summed E-state index contributed by atoms with van der Waals surface area (Å²) in [6, 6.07) is 13.3. The number of esters is 1. The highest BCUT2D eigenvalue weighted by Gasteiger charge is 2.31. The van der Waals surface area contributed by atoms with Crippen LogP contribution in [0.5, 0.6) is 11.5 Å².